The van der Waals surface area contributed by atoms with Crippen LogP contribution in [-0.2, 0) is 0 Å². The minimum absolute atomic E-state index is 0.200. The minimum Gasteiger partial charge on any atom is -0.489 e. The van der Waals surface area contributed by atoms with E-state index in [0.29, 0.717) is 6.61 Å². The molecule has 0 aromatic heterocycles. The van der Waals surface area contributed by atoms with E-state index >= 15 is 0 Å². The number of hydrogen-bond acceptors (Lipinski definition) is 3. The molecule has 1 aromatic rings. The van der Waals surface area contributed by atoms with Crippen molar-refractivity contribution in [2.24, 2.45) is 5.11 Å². The Morgan fingerprint density at radius 3 is 2.83 bits per heavy atom. The van der Waals surface area contributed by atoms with Crippen molar-refractivity contribution in [1.82, 2.24) is 4.90 Å². The van der Waals surface area contributed by atoms with Gasteiger partial charge >= 0.3 is 0 Å². The molecule has 0 N–H and O–H groups in total. The van der Waals surface area contributed by atoms with Crippen LogP contribution in [-0.4, -0.2) is 31.1 Å². The van der Waals surface area contributed by atoms with Crippen molar-refractivity contribution < 1.29 is 9.13 Å². The molecule has 1 heterocycles. The third-order valence-electron chi connectivity index (χ3n) is 2.94. The van der Waals surface area contributed by atoms with Gasteiger partial charge in [0.15, 0.2) is 11.6 Å². The fourth-order valence-electron chi connectivity index (χ4n) is 2.01. The van der Waals surface area contributed by atoms with Crippen LogP contribution in [0.25, 0.3) is 10.4 Å². The van der Waals surface area contributed by atoms with Crippen molar-refractivity contribution in [3.05, 3.63) is 34.5 Å². The van der Waals surface area contributed by atoms with E-state index in [9.17, 15) is 4.39 Å². The average Bonchev–Trinajstić information content (AvgIpc) is 2.85. The highest BCUT2D eigenvalue weighted by atomic mass is 19.1. The molecule has 0 bridgehead atoms. The molecule has 1 aliphatic rings. The van der Waals surface area contributed by atoms with E-state index < -0.39 is 5.82 Å². The largest absolute Gasteiger partial charge is 0.489 e. The van der Waals surface area contributed by atoms with E-state index in [1.165, 1.54) is 31.0 Å². The Balaban J connectivity index is 1.86. The maximum absolute atomic E-state index is 13.6. The summed E-state index contributed by atoms with van der Waals surface area (Å²) in [5, 5.41) is 3.33. The molecule has 0 saturated carbocycles. The van der Waals surface area contributed by atoms with Crippen LogP contribution in [0, 0.1) is 5.82 Å². The summed E-state index contributed by atoms with van der Waals surface area (Å²) in [6.07, 6.45) is 2.46. The topological polar surface area (TPSA) is 61.2 Å². The van der Waals surface area contributed by atoms with Gasteiger partial charge in [0.1, 0.15) is 6.61 Å². The van der Waals surface area contributed by atoms with Gasteiger partial charge in [0.2, 0.25) is 0 Å². The first-order chi connectivity index (χ1) is 8.79. The summed E-state index contributed by atoms with van der Waals surface area (Å²) >= 11 is 0. The second-order valence-electron chi connectivity index (χ2n) is 4.20. The molecular weight excluding hydrogens is 235 g/mol. The van der Waals surface area contributed by atoms with Crippen LogP contribution in [0.4, 0.5) is 10.1 Å². The summed E-state index contributed by atoms with van der Waals surface area (Å²) in [7, 11) is 0. The molecule has 0 amide bonds. The summed E-state index contributed by atoms with van der Waals surface area (Å²) in [6, 6.07) is 4.20. The van der Waals surface area contributed by atoms with E-state index in [-0.39, 0.29) is 11.4 Å². The van der Waals surface area contributed by atoms with Crippen molar-refractivity contribution >= 4 is 5.69 Å². The van der Waals surface area contributed by atoms with Crippen molar-refractivity contribution in [2.75, 3.05) is 26.2 Å². The fourth-order valence-corrected chi connectivity index (χ4v) is 2.01. The first-order valence-electron chi connectivity index (χ1n) is 5.99. The Morgan fingerprint density at radius 1 is 1.39 bits per heavy atom. The van der Waals surface area contributed by atoms with Gasteiger partial charge in [0.25, 0.3) is 0 Å². The maximum atomic E-state index is 13.6. The Labute approximate surface area is 105 Å². The Hall–Kier alpha value is -1.78. The number of benzene rings is 1. The molecule has 0 atom stereocenters. The Bertz CT molecular complexity index is 453. The van der Waals surface area contributed by atoms with Gasteiger partial charge in [-0.2, -0.15) is 0 Å². The molecule has 0 unspecified atom stereocenters. The first-order valence-corrected chi connectivity index (χ1v) is 5.99. The van der Waals surface area contributed by atoms with E-state index in [0.717, 1.165) is 19.6 Å². The highest BCUT2D eigenvalue weighted by Gasteiger charge is 2.11. The lowest BCUT2D eigenvalue weighted by molar-refractivity contribution is 0.231. The van der Waals surface area contributed by atoms with Crippen molar-refractivity contribution in [2.45, 2.75) is 12.8 Å². The van der Waals surface area contributed by atoms with Crippen LogP contribution in [0.15, 0.2) is 23.3 Å². The molecule has 96 valence electrons. The predicted octanol–water partition coefficient (Wildman–Crippen LogP) is 3.24. The zero-order valence-electron chi connectivity index (χ0n) is 10.0. The lowest BCUT2D eigenvalue weighted by Crippen LogP contribution is -2.25. The number of azide groups is 1. The summed E-state index contributed by atoms with van der Waals surface area (Å²) < 4.78 is 18.9. The molecule has 6 heteroatoms. The smallest absolute Gasteiger partial charge is 0.165 e. The fraction of sp³-hybridized carbons (Fsp3) is 0.500. The van der Waals surface area contributed by atoms with Gasteiger partial charge in [-0.1, -0.05) is 5.11 Å². The van der Waals surface area contributed by atoms with Crippen LogP contribution in [0.5, 0.6) is 5.75 Å². The Morgan fingerprint density at radius 2 is 2.17 bits per heavy atom. The predicted molar refractivity (Wildman–Crippen MR) is 66.4 cm³/mol. The van der Waals surface area contributed by atoms with E-state index in [1.54, 1.807) is 0 Å². The molecular formula is C12H15FN4O. The molecule has 1 fully saturated rings. The maximum Gasteiger partial charge on any atom is 0.165 e. The number of ether oxygens (including phenoxy) is 1. The SMILES string of the molecule is [N-]=[N+]=Nc1ccc(OCCN2CCCC2)c(F)c1. The van der Waals surface area contributed by atoms with Gasteiger partial charge in [-0.05, 0) is 49.7 Å². The number of likely N-dealkylation sites (tertiary alicyclic amines) is 1. The van der Waals surface area contributed by atoms with Gasteiger partial charge in [-0.25, -0.2) is 4.39 Å². The van der Waals surface area contributed by atoms with Crippen LogP contribution in [0.1, 0.15) is 12.8 Å². The molecule has 0 spiro atoms. The Kier molecular flexibility index (Phi) is 4.39. The van der Waals surface area contributed by atoms with E-state index in [2.05, 4.69) is 14.9 Å². The number of nitrogens with zero attached hydrogens (tertiary/aromatic N) is 4. The molecule has 1 aromatic carbocycles. The second kappa shape index (κ2) is 6.23. The third-order valence-corrected chi connectivity index (χ3v) is 2.94. The van der Waals surface area contributed by atoms with Gasteiger partial charge in [-0.15, -0.1) is 0 Å². The molecule has 1 saturated heterocycles. The second-order valence-corrected chi connectivity index (χ2v) is 4.20. The van der Waals surface area contributed by atoms with Crippen LogP contribution < -0.4 is 4.74 Å². The molecule has 18 heavy (non-hydrogen) atoms. The normalized spacial score (nSPS) is 15.4. The molecule has 1 aliphatic heterocycles. The van der Waals surface area contributed by atoms with Crippen molar-refractivity contribution in [3.8, 4) is 5.75 Å². The lowest BCUT2D eigenvalue weighted by Gasteiger charge is -2.15. The summed E-state index contributed by atoms with van der Waals surface area (Å²) in [5.74, 6) is -0.299. The standard InChI is InChI=1S/C12H15FN4O/c13-11-9-10(15-16-14)3-4-12(11)18-8-7-17-5-1-2-6-17/h3-4,9H,1-2,5-8H2. The van der Waals surface area contributed by atoms with Crippen molar-refractivity contribution in [1.29, 1.82) is 0 Å². The van der Waals surface area contributed by atoms with Gasteiger partial charge in [-0.3, -0.25) is 4.90 Å². The minimum atomic E-state index is -0.499. The number of rotatable bonds is 5. The van der Waals surface area contributed by atoms with E-state index in [1.807, 2.05) is 0 Å². The number of hydrogen-bond donors (Lipinski definition) is 0. The first kappa shape index (κ1) is 12.7. The van der Waals surface area contributed by atoms with Crippen LogP contribution in [0.3, 0.4) is 0 Å². The summed E-state index contributed by atoms with van der Waals surface area (Å²) in [4.78, 5) is 4.90. The van der Waals surface area contributed by atoms with Crippen molar-refractivity contribution in [3.63, 3.8) is 0 Å². The lowest BCUT2D eigenvalue weighted by atomic mass is 10.3. The summed E-state index contributed by atoms with van der Waals surface area (Å²) in [5.41, 5.74) is 8.49. The zero-order chi connectivity index (χ0) is 12.8. The highest BCUT2D eigenvalue weighted by molar-refractivity contribution is 5.42. The molecule has 2 rings (SSSR count). The van der Waals surface area contributed by atoms with Gasteiger partial charge in [0.05, 0.1) is 0 Å². The van der Waals surface area contributed by atoms with Gasteiger partial charge < -0.3 is 4.74 Å². The van der Waals surface area contributed by atoms with Crippen LogP contribution >= 0.6 is 0 Å². The number of halogens is 1. The molecule has 0 radical (unpaired) electrons. The monoisotopic (exact) mass is 250 g/mol. The molecule has 5 nitrogen and oxygen atoms in total. The third kappa shape index (κ3) is 3.35. The van der Waals surface area contributed by atoms with Gasteiger partial charge in [0, 0.05) is 17.1 Å². The zero-order valence-corrected chi connectivity index (χ0v) is 10.0. The van der Waals surface area contributed by atoms with E-state index in [4.69, 9.17) is 10.3 Å². The quantitative estimate of drug-likeness (QED) is 0.457. The highest BCUT2D eigenvalue weighted by Crippen LogP contribution is 2.23. The molecule has 0 aliphatic carbocycles. The summed E-state index contributed by atoms with van der Waals surface area (Å²) in [6.45, 7) is 3.48. The van der Waals surface area contributed by atoms with Crippen LogP contribution in [0.2, 0.25) is 0 Å². The average molecular weight is 250 g/mol.